The van der Waals surface area contributed by atoms with Crippen molar-refractivity contribution in [1.82, 2.24) is 20.1 Å². The van der Waals surface area contributed by atoms with E-state index in [-0.39, 0.29) is 11.9 Å². The Bertz CT molecular complexity index is 538. The molecule has 0 saturated heterocycles. The Morgan fingerprint density at radius 1 is 1.37 bits per heavy atom. The molecular weight excluding hydrogens is 311 g/mol. The maximum absolute atomic E-state index is 13.0. The second-order valence-electron chi connectivity index (χ2n) is 4.09. The van der Waals surface area contributed by atoms with Gasteiger partial charge in [-0.25, -0.2) is 4.39 Å². The van der Waals surface area contributed by atoms with Crippen molar-refractivity contribution in [2.75, 3.05) is 6.54 Å². The lowest BCUT2D eigenvalue weighted by Gasteiger charge is -2.19. The Balaban J connectivity index is 2.44. The van der Waals surface area contributed by atoms with Crippen molar-refractivity contribution in [3.63, 3.8) is 0 Å². The molecule has 0 amide bonds. The molecule has 102 valence electrons. The Labute approximate surface area is 120 Å². The molecule has 2 heterocycles. The molecule has 0 aliphatic rings. The van der Waals surface area contributed by atoms with Crippen molar-refractivity contribution >= 4 is 15.9 Å². The fourth-order valence-corrected chi connectivity index (χ4v) is 2.54. The van der Waals surface area contributed by atoms with Gasteiger partial charge in [-0.3, -0.25) is 9.67 Å². The number of aromatic nitrogens is 3. The summed E-state index contributed by atoms with van der Waals surface area (Å²) in [5.41, 5.74) is 1.78. The third-order valence-electron chi connectivity index (χ3n) is 2.86. The van der Waals surface area contributed by atoms with Crippen LogP contribution in [0.2, 0.25) is 0 Å². The van der Waals surface area contributed by atoms with E-state index in [0.717, 1.165) is 29.0 Å². The van der Waals surface area contributed by atoms with Crippen molar-refractivity contribution < 1.29 is 4.39 Å². The molecule has 0 aliphatic carbocycles. The van der Waals surface area contributed by atoms with Gasteiger partial charge in [-0.1, -0.05) is 6.92 Å². The summed E-state index contributed by atoms with van der Waals surface area (Å²) >= 11 is 3.52. The Hall–Kier alpha value is -1.27. The number of hydrogen-bond donors (Lipinski definition) is 1. The minimum Gasteiger partial charge on any atom is -0.304 e. The maximum Gasteiger partial charge on any atom is 0.141 e. The maximum atomic E-state index is 13.0. The molecular formula is C13H16BrFN4. The zero-order chi connectivity index (χ0) is 13.8. The van der Waals surface area contributed by atoms with Gasteiger partial charge in [-0.05, 0) is 41.5 Å². The number of halogens is 2. The summed E-state index contributed by atoms with van der Waals surface area (Å²) in [7, 11) is 0. The SMILES string of the molecule is CCNC(c1ccc(F)cn1)c1c(Br)cnn1CC. The predicted octanol–water partition coefficient (Wildman–Crippen LogP) is 2.90. The highest BCUT2D eigenvalue weighted by Crippen LogP contribution is 2.27. The number of hydrogen-bond acceptors (Lipinski definition) is 3. The molecule has 6 heteroatoms. The summed E-state index contributed by atoms with van der Waals surface area (Å²) in [6.45, 7) is 5.61. The Morgan fingerprint density at radius 2 is 2.16 bits per heavy atom. The summed E-state index contributed by atoms with van der Waals surface area (Å²) in [4.78, 5) is 4.17. The van der Waals surface area contributed by atoms with Gasteiger partial charge in [0, 0.05) is 6.54 Å². The van der Waals surface area contributed by atoms with Gasteiger partial charge in [0.05, 0.1) is 34.3 Å². The average Bonchev–Trinajstić information content (AvgIpc) is 2.78. The first kappa shape index (κ1) is 14.1. The van der Waals surface area contributed by atoms with Gasteiger partial charge in [0.25, 0.3) is 0 Å². The largest absolute Gasteiger partial charge is 0.304 e. The van der Waals surface area contributed by atoms with Crippen molar-refractivity contribution in [2.45, 2.75) is 26.4 Å². The number of nitrogens with one attached hydrogen (secondary N) is 1. The molecule has 1 atom stereocenters. The third-order valence-corrected chi connectivity index (χ3v) is 3.47. The molecule has 0 saturated carbocycles. The van der Waals surface area contributed by atoms with Gasteiger partial charge in [0.2, 0.25) is 0 Å². The molecule has 2 aromatic heterocycles. The van der Waals surface area contributed by atoms with E-state index in [1.807, 2.05) is 18.5 Å². The highest BCUT2D eigenvalue weighted by Gasteiger charge is 2.21. The van der Waals surface area contributed by atoms with E-state index >= 15 is 0 Å². The van der Waals surface area contributed by atoms with E-state index in [1.165, 1.54) is 12.3 Å². The van der Waals surface area contributed by atoms with Crippen LogP contribution < -0.4 is 5.32 Å². The van der Waals surface area contributed by atoms with E-state index in [2.05, 4.69) is 31.3 Å². The van der Waals surface area contributed by atoms with Gasteiger partial charge in [-0.2, -0.15) is 5.10 Å². The van der Waals surface area contributed by atoms with Crippen LogP contribution in [0.15, 0.2) is 29.0 Å². The molecule has 0 bridgehead atoms. The quantitative estimate of drug-likeness (QED) is 0.918. The monoisotopic (exact) mass is 326 g/mol. The molecule has 2 rings (SSSR count). The second-order valence-corrected chi connectivity index (χ2v) is 4.94. The first-order chi connectivity index (χ1) is 9.17. The molecule has 0 spiro atoms. The van der Waals surface area contributed by atoms with Crippen LogP contribution in [0.5, 0.6) is 0 Å². The van der Waals surface area contributed by atoms with Crippen molar-refractivity contribution in [3.8, 4) is 0 Å². The molecule has 0 aromatic carbocycles. The molecule has 0 fully saturated rings. The standard InChI is InChI=1S/C13H16BrFN4/c1-3-16-12(11-6-5-9(15)7-17-11)13-10(14)8-18-19(13)4-2/h5-8,12,16H,3-4H2,1-2H3. The molecule has 1 N–H and O–H groups in total. The average molecular weight is 327 g/mol. The zero-order valence-corrected chi connectivity index (χ0v) is 12.5. The summed E-state index contributed by atoms with van der Waals surface area (Å²) in [6, 6.07) is 3.01. The van der Waals surface area contributed by atoms with Crippen molar-refractivity contribution in [3.05, 3.63) is 46.2 Å². The summed E-state index contributed by atoms with van der Waals surface area (Å²) in [5.74, 6) is -0.331. The third kappa shape index (κ3) is 3.01. The minimum absolute atomic E-state index is 0.109. The second kappa shape index (κ2) is 6.25. The molecule has 0 radical (unpaired) electrons. The van der Waals surface area contributed by atoms with Gasteiger partial charge >= 0.3 is 0 Å². The molecule has 0 aliphatic heterocycles. The van der Waals surface area contributed by atoms with Gasteiger partial charge in [0.15, 0.2) is 0 Å². The molecule has 4 nitrogen and oxygen atoms in total. The Kier molecular flexibility index (Phi) is 4.66. The van der Waals surface area contributed by atoms with E-state index in [1.54, 1.807) is 12.3 Å². The van der Waals surface area contributed by atoms with Crippen LogP contribution in [0, 0.1) is 5.82 Å². The number of rotatable bonds is 5. The lowest BCUT2D eigenvalue weighted by molar-refractivity contribution is 0.530. The summed E-state index contributed by atoms with van der Waals surface area (Å²) < 4.78 is 15.8. The van der Waals surface area contributed by atoms with E-state index in [4.69, 9.17) is 0 Å². The van der Waals surface area contributed by atoms with Gasteiger partial charge < -0.3 is 5.32 Å². The number of aryl methyl sites for hydroxylation is 1. The molecule has 2 aromatic rings. The van der Waals surface area contributed by atoms with Gasteiger partial charge in [-0.15, -0.1) is 0 Å². The fraction of sp³-hybridized carbons (Fsp3) is 0.385. The van der Waals surface area contributed by atoms with E-state index < -0.39 is 0 Å². The first-order valence-electron chi connectivity index (χ1n) is 6.23. The number of nitrogens with zero attached hydrogens (tertiary/aromatic N) is 3. The summed E-state index contributed by atoms with van der Waals surface area (Å²) in [5, 5.41) is 7.67. The zero-order valence-electron chi connectivity index (χ0n) is 10.9. The first-order valence-corrected chi connectivity index (χ1v) is 7.02. The van der Waals surface area contributed by atoms with Crippen LogP contribution in [0.1, 0.15) is 31.3 Å². The number of pyridine rings is 1. The van der Waals surface area contributed by atoms with Gasteiger partial charge in [0.1, 0.15) is 5.82 Å². The fourth-order valence-electron chi connectivity index (χ4n) is 2.01. The molecule has 19 heavy (non-hydrogen) atoms. The highest BCUT2D eigenvalue weighted by atomic mass is 79.9. The van der Waals surface area contributed by atoms with Crippen molar-refractivity contribution in [1.29, 1.82) is 0 Å². The van der Waals surface area contributed by atoms with Crippen LogP contribution in [0.3, 0.4) is 0 Å². The van der Waals surface area contributed by atoms with E-state index in [0.29, 0.717) is 0 Å². The smallest absolute Gasteiger partial charge is 0.141 e. The Morgan fingerprint density at radius 3 is 2.74 bits per heavy atom. The topological polar surface area (TPSA) is 42.7 Å². The highest BCUT2D eigenvalue weighted by molar-refractivity contribution is 9.10. The van der Waals surface area contributed by atoms with Crippen LogP contribution in [0.4, 0.5) is 4.39 Å². The lowest BCUT2D eigenvalue weighted by atomic mass is 10.1. The molecule has 1 unspecified atom stereocenters. The van der Waals surface area contributed by atoms with E-state index in [9.17, 15) is 4.39 Å². The van der Waals surface area contributed by atoms with Crippen LogP contribution in [0.25, 0.3) is 0 Å². The van der Waals surface area contributed by atoms with Crippen LogP contribution in [-0.4, -0.2) is 21.3 Å². The minimum atomic E-state index is -0.331. The van der Waals surface area contributed by atoms with Crippen LogP contribution in [-0.2, 0) is 6.54 Å². The normalized spacial score (nSPS) is 12.6. The predicted molar refractivity (Wildman–Crippen MR) is 75.3 cm³/mol. The van der Waals surface area contributed by atoms with Crippen LogP contribution >= 0.6 is 15.9 Å². The summed E-state index contributed by atoms with van der Waals surface area (Å²) in [6.07, 6.45) is 3.01. The lowest BCUT2D eigenvalue weighted by Crippen LogP contribution is -2.26. The van der Waals surface area contributed by atoms with Crippen molar-refractivity contribution in [2.24, 2.45) is 0 Å².